The number of imidazole rings is 1. The highest BCUT2D eigenvalue weighted by Gasteiger charge is 2.13. The van der Waals surface area contributed by atoms with E-state index in [0.29, 0.717) is 35.5 Å². The topological polar surface area (TPSA) is 85.2 Å². The molecule has 0 saturated heterocycles. The SMILES string of the molecule is COc1ccccc1C(=O)NCCc1nc2cc(NC(=O)c3ccc(F)cc3)ccc2n1C. The Morgan fingerprint density at radius 1 is 1.03 bits per heavy atom. The molecule has 4 rings (SSSR count). The molecule has 0 spiro atoms. The predicted molar refractivity (Wildman–Crippen MR) is 124 cm³/mol. The number of rotatable bonds is 7. The van der Waals surface area contributed by atoms with Crippen LogP contribution in [-0.4, -0.2) is 35.0 Å². The lowest BCUT2D eigenvalue weighted by Gasteiger charge is -2.09. The van der Waals surface area contributed by atoms with Crippen LogP contribution in [0.5, 0.6) is 5.75 Å². The maximum atomic E-state index is 13.1. The summed E-state index contributed by atoms with van der Waals surface area (Å²) >= 11 is 0. The highest BCUT2D eigenvalue weighted by Crippen LogP contribution is 2.21. The summed E-state index contributed by atoms with van der Waals surface area (Å²) in [5.74, 6) is 0.384. The van der Waals surface area contributed by atoms with Gasteiger partial charge in [0.05, 0.1) is 23.7 Å². The largest absolute Gasteiger partial charge is 0.496 e. The average molecular weight is 446 g/mol. The third-order valence-electron chi connectivity index (χ3n) is 5.32. The fraction of sp³-hybridized carbons (Fsp3) is 0.160. The molecule has 4 aromatic rings. The van der Waals surface area contributed by atoms with Crippen molar-refractivity contribution in [2.75, 3.05) is 19.0 Å². The maximum absolute atomic E-state index is 13.1. The van der Waals surface area contributed by atoms with Crippen molar-refractivity contribution < 1.29 is 18.7 Å². The second-order valence-corrected chi connectivity index (χ2v) is 7.46. The van der Waals surface area contributed by atoms with Crippen LogP contribution >= 0.6 is 0 Å². The number of carbonyl (C=O) groups is 2. The fourth-order valence-corrected chi connectivity index (χ4v) is 3.57. The first kappa shape index (κ1) is 22.0. The summed E-state index contributed by atoms with van der Waals surface area (Å²) < 4.78 is 20.3. The summed E-state index contributed by atoms with van der Waals surface area (Å²) in [7, 11) is 3.44. The van der Waals surface area contributed by atoms with Crippen molar-refractivity contribution in [1.82, 2.24) is 14.9 Å². The van der Waals surface area contributed by atoms with E-state index in [1.807, 2.05) is 23.7 Å². The number of methoxy groups -OCH3 is 1. The van der Waals surface area contributed by atoms with E-state index in [0.717, 1.165) is 16.9 Å². The number of hydrogen-bond acceptors (Lipinski definition) is 4. The Hall–Kier alpha value is -4.20. The van der Waals surface area contributed by atoms with Gasteiger partial charge in [-0.05, 0) is 54.6 Å². The molecule has 1 aromatic heterocycles. The zero-order chi connectivity index (χ0) is 23.4. The van der Waals surface area contributed by atoms with Crippen molar-refractivity contribution in [3.8, 4) is 5.75 Å². The fourth-order valence-electron chi connectivity index (χ4n) is 3.57. The number of para-hydroxylation sites is 1. The van der Waals surface area contributed by atoms with Crippen LogP contribution in [0.15, 0.2) is 66.7 Å². The molecular formula is C25H23FN4O3. The van der Waals surface area contributed by atoms with Gasteiger partial charge in [-0.1, -0.05) is 12.1 Å². The predicted octanol–water partition coefficient (Wildman–Crippen LogP) is 3.95. The number of aromatic nitrogens is 2. The number of nitrogens with one attached hydrogen (secondary N) is 2. The van der Waals surface area contributed by atoms with Crippen molar-refractivity contribution in [1.29, 1.82) is 0 Å². The van der Waals surface area contributed by atoms with Gasteiger partial charge < -0.3 is 19.9 Å². The minimum absolute atomic E-state index is 0.211. The number of carbonyl (C=O) groups excluding carboxylic acids is 2. The van der Waals surface area contributed by atoms with Crippen LogP contribution in [0.2, 0.25) is 0 Å². The molecule has 0 aliphatic rings. The number of hydrogen-bond donors (Lipinski definition) is 2. The van der Waals surface area contributed by atoms with E-state index in [-0.39, 0.29) is 11.8 Å². The van der Waals surface area contributed by atoms with Gasteiger partial charge in [0.1, 0.15) is 17.4 Å². The lowest BCUT2D eigenvalue weighted by atomic mass is 10.2. The summed E-state index contributed by atoms with van der Waals surface area (Å²) in [5.41, 5.74) is 3.06. The Morgan fingerprint density at radius 2 is 1.79 bits per heavy atom. The summed E-state index contributed by atoms with van der Waals surface area (Å²) in [6.07, 6.45) is 0.531. The van der Waals surface area contributed by atoms with E-state index in [1.54, 1.807) is 30.3 Å². The highest BCUT2D eigenvalue weighted by atomic mass is 19.1. The van der Waals surface area contributed by atoms with Gasteiger partial charge >= 0.3 is 0 Å². The molecule has 0 aliphatic heterocycles. The van der Waals surface area contributed by atoms with Gasteiger partial charge in [-0.3, -0.25) is 9.59 Å². The Morgan fingerprint density at radius 3 is 2.55 bits per heavy atom. The molecule has 0 radical (unpaired) electrons. The zero-order valence-electron chi connectivity index (χ0n) is 18.3. The van der Waals surface area contributed by atoms with Crippen molar-refractivity contribution in [3.05, 3.63) is 89.5 Å². The summed E-state index contributed by atoms with van der Waals surface area (Å²) in [5, 5.41) is 5.70. The van der Waals surface area contributed by atoms with E-state index < -0.39 is 5.82 Å². The molecule has 2 N–H and O–H groups in total. The quantitative estimate of drug-likeness (QED) is 0.450. The Bertz CT molecular complexity index is 1320. The van der Waals surface area contributed by atoms with Gasteiger partial charge in [0.25, 0.3) is 11.8 Å². The molecule has 0 fully saturated rings. The van der Waals surface area contributed by atoms with Crippen LogP contribution < -0.4 is 15.4 Å². The average Bonchev–Trinajstić information content (AvgIpc) is 3.14. The van der Waals surface area contributed by atoms with Gasteiger partial charge in [0, 0.05) is 31.3 Å². The normalized spacial score (nSPS) is 10.8. The lowest BCUT2D eigenvalue weighted by molar-refractivity contribution is 0.0950. The second kappa shape index (κ2) is 9.52. The number of amides is 2. The zero-order valence-corrected chi connectivity index (χ0v) is 18.3. The van der Waals surface area contributed by atoms with Gasteiger partial charge in [-0.15, -0.1) is 0 Å². The summed E-state index contributed by atoms with van der Waals surface area (Å²) in [6, 6.07) is 17.9. The molecule has 0 unspecified atom stereocenters. The molecule has 0 bridgehead atoms. The standard InChI is InChI=1S/C25H23FN4O3/c1-30-21-12-11-18(28-24(31)16-7-9-17(26)10-8-16)15-20(21)29-23(30)13-14-27-25(32)19-5-3-4-6-22(19)33-2/h3-12,15H,13-14H2,1-2H3,(H,27,32)(H,28,31). The molecule has 168 valence electrons. The maximum Gasteiger partial charge on any atom is 0.255 e. The first-order valence-electron chi connectivity index (χ1n) is 10.4. The molecular weight excluding hydrogens is 423 g/mol. The number of nitrogens with zero attached hydrogens (tertiary/aromatic N) is 2. The first-order valence-corrected chi connectivity index (χ1v) is 10.4. The molecule has 0 saturated carbocycles. The number of fused-ring (bicyclic) bond motifs is 1. The summed E-state index contributed by atoms with van der Waals surface area (Å²) in [4.78, 5) is 29.5. The molecule has 0 atom stereocenters. The Labute approximate surface area is 190 Å². The van der Waals surface area contributed by atoms with Crippen LogP contribution in [-0.2, 0) is 13.5 Å². The van der Waals surface area contributed by atoms with Gasteiger partial charge in [0.15, 0.2) is 0 Å². The second-order valence-electron chi connectivity index (χ2n) is 7.46. The van der Waals surface area contributed by atoms with Crippen LogP contribution in [0.25, 0.3) is 11.0 Å². The Balaban J connectivity index is 1.43. The van der Waals surface area contributed by atoms with E-state index in [2.05, 4.69) is 15.6 Å². The number of anilines is 1. The molecule has 0 aliphatic carbocycles. The van der Waals surface area contributed by atoms with Gasteiger partial charge in [-0.2, -0.15) is 0 Å². The molecule has 7 nitrogen and oxygen atoms in total. The molecule has 1 heterocycles. The number of benzene rings is 3. The number of ether oxygens (including phenoxy) is 1. The smallest absolute Gasteiger partial charge is 0.255 e. The minimum Gasteiger partial charge on any atom is -0.496 e. The first-order chi connectivity index (χ1) is 16.0. The Kier molecular flexibility index (Phi) is 6.35. The van der Waals surface area contributed by atoms with Gasteiger partial charge in [-0.25, -0.2) is 9.37 Å². The van der Waals surface area contributed by atoms with Crippen molar-refractivity contribution in [3.63, 3.8) is 0 Å². The van der Waals surface area contributed by atoms with E-state index >= 15 is 0 Å². The van der Waals surface area contributed by atoms with Crippen LogP contribution in [0, 0.1) is 5.82 Å². The third kappa shape index (κ3) is 4.85. The third-order valence-corrected chi connectivity index (χ3v) is 5.32. The van der Waals surface area contributed by atoms with E-state index in [1.165, 1.54) is 31.4 Å². The molecule has 33 heavy (non-hydrogen) atoms. The van der Waals surface area contributed by atoms with Crippen molar-refractivity contribution in [2.24, 2.45) is 7.05 Å². The molecule has 8 heteroatoms. The minimum atomic E-state index is -0.395. The van der Waals surface area contributed by atoms with E-state index in [4.69, 9.17) is 4.74 Å². The monoisotopic (exact) mass is 446 g/mol. The van der Waals surface area contributed by atoms with Gasteiger partial charge in [0.2, 0.25) is 0 Å². The van der Waals surface area contributed by atoms with Crippen LogP contribution in [0.3, 0.4) is 0 Å². The number of halogens is 1. The molecule has 2 amide bonds. The highest BCUT2D eigenvalue weighted by molar-refractivity contribution is 6.05. The van der Waals surface area contributed by atoms with Crippen LogP contribution in [0.4, 0.5) is 10.1 Å². The van der Waals surface area contributed by atoms with E-state index in [9.17, 15) is 14.0 Å². The van der Waals surface area contributed by atoms with Crippen molar-refractivity contribution in [2.45, 2.75) is 6.42 Å². The van der Waals surface area contributed by atoms with Crippen LogP contribution in [0.1, 0.15) is 26.5 Å². The van der Waals surface area contributed by atoms with Crippen molar-refractivity contribution >= 4 is 28.5 Å². The lowest BCUT2D eigenvalue weighted by Crippen LogP contribution is -2.26. The summed E-state index contributed by atoms with van der Waals surface area (Å²) in [6.45, 7) is 0.405. The molecule has 3 aromatic carbocycles. The number of aryl methyl sites for hydroxylation is 1.